The Morgan fingerprint density at radius 1 is 0.935 bits per heavy atom. The number of benzene rings is 2. The highest BCUT2D eigenvalue weighted by Gasteiger charge is 2.17. The molecular weight excluding hydrogens is 388 g/mol. The third kappa shape index (κ3) is 5.41. The maximum atomic E-state index is 12.5. The Labute approximate surface area is 183 Å². The quantitative estimate of drug-likeness (QED) is 0.660. The van der Waals surface area contributed by atoms with Gasteiger partial charge in [-0.25, -0.2) is 4.98 Å². The zero-order chi connectivity index (χ0) is 21.6. The number of rotatable bonds is 6. The van der Waals surface area contributed by atoms with Crippen molar-refractivity contribution in [1.82, 2.24) is 9.88 Å². The topological polar surface area (TPSA) is 57.7 Å². The molecule has 0 aliphatic carbocycles. The van der Waals surface area contributed by atoms with E-state index < -0.39 is 6.10 Å². The van der Waals surface area contributed by atoms with E-state index in [2.05, 4.69) is 39.3 Å². The van der Waals surface area contributed by atoms with Gasteiger partial charge in [-0.1, -0.05) is 42.5 Å². The van der Waals surface area contributed by atoms with Gasteiger partial charge in [0.15, 0.2) is 6.10 Å². The van der Waals surface area contributed by atoms with Gasteiger partial charge in [-0.3, -0.25) is 4.79 Å². The molecule has 1 saturated heterocycles. The molecule has 0 saturated carbocycles. The molecule has 1 unspecified atom stereocenters. The third-order valence-electron chi connectivity index (χ3n) is 5.51. The zero-order valence-electron chi connectivity index (χ0n) is 18.0. The Bertz CT molecular complexity index is 982. The zero-order valence-corrected chi connectivity index (χ0v) is 18.0. The predicted molar refractivity (Wildman–Crippen MR) is 125 cm³/mol. The van der Waals surface area contributed by atoms with E-state index in [1.54, 1.807) is 6.92 Å². The molecule has 31 heavy (non-hydrogen) atoms. The van der Waals surface area contributed by atoms with Gasteiger partial charge < -0.3 is 19.9 Å². The molecule has 2 heterocycles. The molecular formula is C25H28N4O2. The minimum absolute atomic E-state index is 0.230. The van der Waals surface area contributed by atoms with Crippen LogP contribution in [0.5, 0.6) is 5.75 Å². The lowest BCUT2D eigenvalue weighted by molar-refractivity contribution is -0.122. The fraction of sp³-hybridized carbons (Fsp3) is 0.280. The Balaban J connectivity index is 1.31. The molecule has 160 valence electrons. The highest BCUT2D eigenvalue weighted by molar-refractivity contribution is 5.93. The lowest BCUT2D eigenvalue weighted by Crippen LogP contribution is -2.44. The number of pyridine rings is 1. The molecule has 1 amide bonds. The molecule has 6 nitrogen and oxygen atoms in total. The predicted octanol–water partition coefficient (Wildman–Crippen LogP) is 3.91. The Hall–Kier alpha value is -3.38. The second kappa shape index (κ2) is 9.62. The molecule has 2 aromatic carbocycles. The summed E-state index contributed by atoms with van der Waals surface area (Å²) in [5.74, 6) is 0.949. The summed E-state index contributed by atoms with van der Waals surface area (Å²) in [7, 11) is 2.13. The van der Waals surface area contributed by atoms with Crippen LogP contribution in [-0.2, 0) is 4.79 Å². The number of piperazine rings is 1. The van der Waals surface area contributed by atoms with Gasteiger partial charge >= 0.3 is 0 Å². The highest BCUT2D eigenvalue weighted by Crippen LogP contribution is 2.23. The Morgan fingerprint density at radius 2 is 1.61 bits per heavy atom. The second-order valence-corrected chi connectivity index (χ2v) is 7.83. The Kier molecular flexibility index (Phi) is 6.48. The van der Waals surface area contributed by atoms with Crippen molar-refractivity contribution in [3.05, 3.63) is 72.9 Å². The summed E-state index contributed by atoms with van der Waals surface area (Å²) in [5.41, 5.74) is 3.33. The number of amides is 1. The molecule has 1 aromatic heterocycles. The SMILES string of the molecule is CC(Oc1ccc(-c2ccccc2)cc1)C(=O)Nc1ccc(N2CCN(C)CC2)cn1. The summed E-state index contributed by atoms with van der Waals surface area (Å²) in [6, 6.07) is 21.7. The number of carbonyl (C=O) groups is 1. The molecule has 4 rings (SSSR count). The van der Waals surface area contributed by atoms with Gasteiger partial charge in [0.1, 0.15) is 11.6 Å². The first-order chi connectivity index (χ1) is 15.1. The van der Waals surface area contributed by atoms with Crippen molar-refractivity contribution in [2.24, 2.45) is 0 Å². The van der Waals surface area contributed by atoms with E-state index in [4.69, 9.17) is 4.74 Å². The van der Waals surface area contributed by atoms with E-state index in [0.717, 1.165) is 43.0 Å². The highest BCUT2D eigenvalue weighted by atomic mass is 16.5. The fourth-order valence-corrected chi connectivity index (χ4v) is 3.55. The van der Waals surface area contributed by atoms with Crippen LogP contribution in [0.1, 0.15) is 6.92 Å². The molecule has 1 fully saturated rings. The summed E-state index contributed by atoms with van der Waals surface area (Å²) in [6.45, 7) is 5.79. The summed E-state index contributed by atoms with van der Waals surface area (Å²) in [5, 5.41) is 2.83. The fourth-order valence-electron chi connectivity index (χ4n) is 3.55. The standard InChI is InChI=1S/C25H28N4O2/c1-19(31-23-11-8-21(9-12-23)20-6-4-3-5-7-20)25(30)27-24-13-10-22(18-26-24)29-16-14-28(2)15-17-29/h3-13,18-19H,14-17H2,1-2H3,(H,26,27,30). The van der Waals surface area contributed by atoms with Crippen LogP contribution in [0.4, 0.5) is 11.5 Å². The van der Waals surface area contributed by atoms with Crippen LogP contribution >= 0.6 is 0 Å². The monoisotopic (exact) mass is 416 g/mol. The van der Waals surface area contributed by atoms with Gasteiger partial charge in [0.2, 0.25) is 0 Å². The average molecular weight is 417 g/mol. The van der Waals surface area contributed by atoms with Crippen molar-refractivity contribution >= 4 is 17.4 Å². The number of ether oxygens (including phenoxy) is 1. The lowest BCUT2D eigenvalue weighted by atomic mass is 10.1. The largest absolute Gasteiger partial charge is 0.481 e. The van der Waals surface area contributed by atoms with Crippen molar-refractivity contribution in [2.75, 3.05) is 43.4 Å². The van der Waals surface area contributed by atoms with Gasteiger partial charge in [-0.05, 0) is 49.4 Å². The van der Waals surface area contributed by atoms with Gasteiger partial charge in [0.25, 0.3) is 5.91 Å². The number of likely N-dealkylation sites (N-methyl/N-ethyl adjacent to an activating group) is 1. The maximum Gasteiger partial charge on any atom is 0.266 e. The van der Waals surface area contributed by atoms with Crippen LogP contribution in [0.3, 0.4) is 0 Å². The van der Waals surface area contributed by atoms with Crippen LogP contribution in [-0.4, -0.2) is 55.1 Å². The first kappa shape index (κ1) is 20.9. The van der Waals surface area contributed by atoms with Crippen molar-refractivity contribution in [2.45, 2.75) is 13.0 Å². The normalized spacial score (nSPS) is 15.4. The molecule has 3 aromatic rings. The molecule has 1 atom stereocenters. The third-order valence-corrected chi connectivity index (χ3v) is 5.51. The molecule has 1 aliphatic heterocycles. The van der Waals surface area contributed by atoms with E-state index >= 15 is 0 Å². The smallest absolute Gasteiger partial charge is 0.266 e. The van der Waals surface area contributed by atoms with Crippen LogP contribution in [0.15, 0.2) is 72.9 Å². The van der Waals surface area contributed by atoms with Crippen LogP contribution < -0.4 is 15.0 Å². The molecule has 0 radical (unpaired) electrons. The van der Waals surface area contributed by atoms with Gasteiger partial charge in [-0.15, -0.1) is 0 Å². The number of anilines is 2. The summed E-state index contributed by atoms with van der Waals surface area (Å²) >= 11 is 0. The van der Waals surface area contributed by atoms with E-state index in [1.165, 1.54) is 0 Å². The van der Waals surface area contributed by atoms with Gasteiger partial charge in [0, 0.05) is 26.2 Å². The van der Waals surface area contributed by atoms with Crippen LogP contribution in [0, 0.1) is 0 Å². The molecule has 1 N–H and O–H groups in total. The molecule has 0 bridgehead atoms. The first-order valence-electron chi connectivity index (χ1n) is 10.6. The van der Waals surface area contributed by atoms with Crippen LogP contribution in [0.25, 0.3) is 11.1 Å². The summed E-state index contributed by atoms with van der Waals surface area (Å²) in [6.07, 6.45) is 1.18. The number of hydrogen-bond acceptors (Lipinski definition) is 5. The lowest BCUT2D eigenvalue weighted by Gasteiger charge is -2.33. The molecule has 6 heteroatoms. The van der Waals surface area contributed by atoms with Crippen molar-refractivity contribution in [3.63, 3.8) is 0 Å². The molecule has 1 aliphatic rings. The Morgan fingerprint density at radius 3 is 2.26 bits per heavy atom. The average Bonchev–Trinajstić information content (AvgIpc) is 2.81. The van der Waals surface area contributed by atoms with Crippen molar-refractivity contribution < 1.29 is 9.53 Å². The second-order valence-electron chi connectivity index (χ2n) is 7.83. The first-order valence-corrected chi connectivity index (χ1v) is 10.6. The van der Waals surface area contributed by atoms with Crippen molar-refractivity contribution in [3.8, 4) is 16.9 Å². The summed E-state index contributed by atoms with van der Waals surface area (Å²) < 4.78 is 5.82. The van der Waals surface area contributed by atoms with E-state index in [-0.39, 0.29) is 5.91 Å². The number of carbonyl (C=O) groups excluding carboxylic acids is 1. The van der Waals surface area contributed by atoms with Gasteiger partial charge in [-0.2, -0.15) is 0 Å². The minimum atomic E-state index is -0.637. The molecule has 0 spiro atoms. The minimum Gasteiger partial charge on any atom is -0.481 e. The van der Waals surface area contributed by atoms with E-state index in [9.17, 15) is 4.79 Å². The van der Waals surface area contributed by atoms with Gasteiger partial charge in [0.05, 0.1) is 11.9 Å². The maximum absolute atomic E-state index is 12.5. The number of nitrogens with one attached hydrogen (secondary N) is 1. The number of hydrogen-bond donors (Lipinski definition) is 1. The van der Waals surface area contributed by atoms with E-state index in [0.29, 0.717) is 11.6 Å². The van der Waals surface area contributed by atoms with E-state index in [1.807, 2.05) is 60.8 Å². The number of nitrogens with zero attached hydrogens (tertiary/aromatic N) is 3. The summed E-state index contributed by atoms with van der Waals surface area (Å²) in [4.78, 5) is 21.6. The van der Waals surface area contributed by atoms with Crippen LogP contribution in [0.2, 0.25) is 0 Å². The van der Waals surface area contributed by atoms with Crippen molar-refractivity contribution in [1.29, 1.82) is 0 Å². The number of aromatic nitrogens is 1.